The number of fused-ring (bicyclic) bond motifs is 1. The van der Waals surface area contributed by atoms with Gasteiger partial charge >= 0.3 is 0 Å². The molecule has 102 valence electrons. The summed E-state index contributed by atoms with van der Waals surface area (Å²) >= 11 is 0. The average molecular weight is 249 g/mol. The quantitative estimate of drug-likeness (QED) is 0.864. The van der Waals surface area contributed by atoms with Crippen molar-refractivity contribution >= 4 is 0 Å². The molecule has 3 nitrogen and oxygen atoms in total. The second kappa shape index (κ2) is 4.37. The Balaban J connectivity index is 2.25. The molecule has 2 rings (SSSR count). The molecule has 0 amide bonds. The summed E-state index contributed by atoms with van der Waals surface area (Å²) in [5.41, 5.74) is 3.18. The van der Waals surface area contributed by atoms with Crippen LogP contribution in [0.15, 0.2) is 0 Å². The van der Waals surface area contributed by atoms with E-state index in [0.29, 0.717) is 11.5 Å². The van der Waals surface area contributed by atoms with Crippen molar-refractivity contribution in [3.05, 3.63) is 17.2 Å². The zero-order chi connectivity index (χ0) is 13.6. The van der Waals surface area contributed by atoms with E-state index in [1.807, 2.05) is 0 Å². The van der Waals surface area contributed by atoms with E-state index in [4.69, 9.17) is 4.98 Å². The fourth-order valence-corrected chi connectivity index (χ4v) is 3.36. The van der Waals surface area contributed by atoms with Crippen molar-refractivity contribution in [2.75, 3.05) is 0 Å². The van der Waals surface area contributed by atoms with Crippen LogP contribution in [0.3, 0.4) is 0 Å². The van der Waals surface area contributed by atoms with Crippen molar-refractivity contribution in [2.24, 2.45) is 5.41 Å². The van der Waals surface area contributed by atoms with Crippen molar-refractivity contribution in [3.8, 4) is 0 Å². The highest BCUT2D eigenvalue weighted by molar-refractivity contribution is 5.28. The minimum atomic E-state index is 0.184. The van der Waals surface area contributed by atoms with Gasteiger partial charge in [-0.2, -0.15) is 0 Å². The van der Waals surface area contributed by atoms with Crippen LogP contribution in [0.25, 0.3) is 0 Å². The summed E-state index contributed by atoms with van der Waals surface area (Å²) in [5, 5.41) is 3.43. The maximum Gasteiger partial charge on any atom is 0.120 e. The highest BCUT2D eigenvalue weighted by Crippen LogP contribution is 2.44. The third kappa shape index (κ3) is 2.77. The number of rotatable bonds is 3. The van der Waals surface area contributed by atoms with E-state index in [9.17, 15) is 0 Å². The van der Waals surface area contributed by atoms with Gasteiger partial charge in [-0.3, -0.25) is 0 Å². The first-order chi connectivity index (χ1) is 8.20. The van der Waals surface area contributed by atoms with E-state index in [1.54, 1.807) is 0 Å². The van der Waals surface area contributed by atoms with Crippen molar-refractivity contribution in [3.63, 3.8) is 0 Å². The molecule has 3 heteroatoms. The third-order valence-corrected chi connectivity index (χ3v) is 3.72. The van der Waals surface area contributed by atoms with Crippen molar-refractivity contribution in [1.29, 1.82) is 0 Å². The number of hydrogen-bond acceptors (Lipinski definition) is 2. The molecule has 1 aromatic rings. The molecular formula is C15H27N3. The molecule has 0 radical (unpaired) electrons. The normalized spacial score (nSPS) is 21.1. The molecular weight excluding hydrogens is 222 g/mol. The Morgan fingerprint density at radius 3 is 2.56 bits per heavy atom. The van der Waals surface area contributed by atoms with Gasteiger partial charge in [-0.25, -0.2) is 4.98 Å². The van der Waals surface area contributed by atoms with Gasteiger partial charge in [0.1, 0.15) is 5.82 Å². The largest absolute Gasteiger partial charge is 0.345 e. The van der Waals surface area contributed by atoms with Gasteiger partial charge in [-0.15, -0.1) is 0 Å². The van der Waals surface area contributed by atoms with E-state index < -0.39 is 0 Å². The molecule has 1 aliphatic rings. The lowest BCUT2D eigenvalue weighted by molar-refractivity contribution is 0.226. The molecule has 0 spiro atoms. The number of imidazole rings is 1. The topological polar surface area (TPSA) is 40.7 Å². The zero-order valence-electron chi connectivity index (χ0n) is 12.6. The summed E-state index contributed by atoms with van der Waals surface area (Å²) in [5.74, 6) is 1.08. The van der Waals surface area contributed by atoms with Gasteiger partial charge in [0, 0.05) is 17.2 Å². The van der Waals surface area contributed by atoms with E-state index in [2.05, 4.69) is 51.8 Å². The van der Waals surface area contributed by atoms with Crippen LogP contribution < -0.4 is 5.32 Å². The maximum absolute atomic E-state index is 4.82. The predicted octanol–water partition coefficient (Wildman–Crippen LogP) is 3.16. The molecule has 0 bridgehead atoms. The lowest BCUT2D eigenvalue weighted by atomic mass is 9.66. The average Bonchev–Trinajstić information content (AvgIpc) is 2.55. The van der Waals surface area contributed by atoms with Crippen LogP contribution in [-0.2, 0) is 18.4 Å². The summed E-state index contributed by atoms with van der Waals surface area (Å²) in [6.45, 7) is 14.5. The van der Waals surface area contributed by atoms with E-state index in [0.717, 1.165) is 18.8 Å². The maximum atomic E-state index is 4.82. The standard InChI is InChI=1S/C15H27N3/c1-10(2)16-8-12-17-11-7-14(3,4)9-15(5,6)13(11)18-12/h10,16H,7-9H2,1-6H3,(H,17,18). The lowest BCUT2D eigenvalue weighted by Gasteiger charge is -2.39. The molecule has 0 saturated heterocycles. The van der Waals surface area contributed by atoms with Crippen molar-refractivity contribution in [1.82, 2.24) is 15.3 Å². The van der Waals surface area contributed by atoms with Crippen LogP contribution in [0.4, 0.5) is 0 Å². The van der Waals surface area contributed by atoms with Crippen LogP contribution in [0, 0.1) is 5.41 Å². The SMILES string of the molecule is CC(C)NCc1nc2c([nH]1)CC(C)(C)CC2(C)C. The highest BCUT2D eigenvalue weighted by Gasteiger charge is 2.39. The summed E-state index contributed by atoms with van der Waals surface area (Å²) < 4.78 is 0. The first-order valence-corrected chi connectivity index (χ1v) is 7.01. The van der Waals surface area contributed by atoms with Crippen LogP contribution in [-0.4, -0.2) is 16.0 Å². The Labute approximate surface area is 111 Å². The Kier molecular flexibility index (Phi) is 3.30. The highest BCUT2D eigenvalue weighted by atomic mass is 15.0. The van der Waals surface area contributed by atoms with Gasteiger partial charge in [0.15, 0.2) is 0 Å². The molecule has 0 aliphatic heterocycles. The van der Waals surface area contributed by atoms with E-state index >= 15 is 0 Å². The first kappa shape index (κ1) is 13.6. The second-order valence-electron chi connectivity index (χ2n) is 7.45. The number of hydrogen-bond donors (Lipinski definition) is 2. The molecule has 2 N–H and O–H groups in total. The van der Waals surface area contributed by atoms with Gasteiger partial charge < -0.3 is 10.3 Å². The second-order valence-corrected chi connectivity index (χ2v) is 7.45. The van der Waals surface area contributed by atoms with Gasteiger partial charge in [-0.05, 0) is 18.3 Å². The summed E-state index contributed by atoms with van der Waals surface area (Å²) in [6, 6.07) is 0.497. The van der Waals surface area contributed by atoms with Crippen LogP contribution >= 0.6 is 0 Å². The van der Waals surface area contributed by atoms with Crippen molar-refractivity contribution in [2.45, 2.75) is 72.4 Å². The minimum Gasteiger partial charge on any atom is -0.345 e. The minimum absolute atomic E-state index is 0.184. The summed E-state index contributed by atoms with van der Waals surface area (Å²) in [4.78, 5) is 8.35. The Morgan fingerprint density at radius 2 is 1.94 bits per heavy atom. The zero-order valence-corrected chi connectivity index (χ0v) is 12.6. The molecule has 0 saturated carbocycles. The van der Waals surface area contributed by atoms with E-state index in [-0.39, 0.29) is 5.41 Å². The molecule has 0 fully saturated rings. The number of nitrogens with one attached hydrogen (secondary N) is 2. The fraction of sp³-hybridized carbons (Fsp3) is 0.800. The molecule has 1 aromatic heterocycles. The summed E-state index contributed by atoms with van der Waals surface area (Å²) in [6.07, 6.45) is 2.31. The smallest absolute Gasteiger partial charge is 0.120 e. The van der Waals surface area contributed by atoms with Crippen LogP contribution in [0.5, 0.6) is 0 Å². The predicted molar refractivity (Wildman–Crippen MR) is 75.7 cm³/mol. The van der Waals surface area contributed by atoms with E-state index in [1.165, 1.54) is 17.8 Å². The lowest BCUT2D eigenvalue weighted by Crippen LogP contribution is -2.34. The van der Waals surface area contributed by atoms with Gasteiger partial charge in [-0.1, -0.05) is 41.5 Å². The molecule has 1 heterocycles. The number of aromatic nitrogens is 2. The van der Waals surface area contributed by atoms with Crippen molar-refractivity contribution < 1.29 is 0 Å². The van der Waals surface area contributed by atoms with Crippen LogP contribution in [0.1, 0.15) is 65.2 Å². The fourth-order valence-electron chi connectivity index (χ4n) is 3.36. The monoisotopic (exact) mass is 249 g/mol. The van der Waals surface area contributed by atoms with Gasteiger partial charge in [0.05, 0.1) is 12.2 Å². The number of nitrogens with zero attached hydrogens (tertiary/aromatic N) is 1. The molecule has 0 unspecified atom stereocenters. The molecule has 1 aliphatic carbocycles. The summed E-state index contributed by atoms with van der Waals surface area (Å²) in [7, 11) is 0. The van der Waals surface area contributed by atoms with Gasteiger partial charge in [0.25, 0.3) is 0 Å². The molecule has 18 heavy (non-hydrogen) atoms. The first-order valence-electron chi connectivity index (χ1n) is 7.01. The van der Waals surface area contributed by atoms with Crippen LogP contribution in [0.2, 0.25) is 0 Å². The number of H-pyrrole nitrogens is 1. The Bertz CT molecular complexity index is 427. The van der Waals surface area contributed by atoms with Gasteiger partial charge in [0.2, 0.25) is 0 Å². The third-order valence-electron chi connectivity index (χ3n) is 3.72. The Hall–Kier alpha value is -0.830. The Morgan fingerprint density at radius 1 is 1.28 bits per heavy atom. The number of aromatic amines is 1. The molecule has 0 aromatic carbocycles. The molecule has 0 atom stereocenters.